The summed E-state index contributed by atoms with van der Waals surface area (Å²) in [4.78, 5) is 38.3. The lowest BCUT2D eigenvalue weighted by molar-refractivity contribution is -0.118. The molecule has 0 radical (unpaired) electrons. The molecule has 0 bridgehead atoms. The summed E-state index contributed by atoms with van der Waals surface area (Å²) in [7, 11) is 1.50. The van der Waals surface area contributed by atoms with E-state index < -0.39 is 11.3 Å². The summed E-state index contributed by atoms with van der Waals surface area (Å²) >= 11 is 0. The maximum Gasteiger partial charge on any atom is 0.268 e. The molecule has 1 amide bonds. The van der Waals surface area contributed by atoms with Crippen molar-refractivity contribution >= 4 is 17.4 Å². The van der Waals surface area contributed by atoms with Gasteiger partial charge in [0.1, 0.15) is 17.4 Å². The number of aryl methyl sites for hydroxylation is 3. The molecule has 180 valence electrons. The van der Waals surface area contributed by atoms with Gasteiger partial charge in [0, 0.05) is 31.1 Å². The number of nitriles is 1. The number of methoxy groups -OCH3 is 1. The van der Waals surface area contributed by atoms with Gasteiger partial charge in [-0.15, -0.1) is 0 Å². The maximum absolute atomic E-state index is 13.3. The van der Waals surface area contributed by atoms with Crippen LogP contribution in [0.4, 0.5) is 5.69 Å². The first-order valence-electron chi connectivity index (χ1n) is 11.0. The number of aromatic nitrogens is 1. The predicted octanol–water partition coefficient (Wildman–Crippen LogP) is 3.54. The van der Waals surface area contributed by atoms with E-state index in [1.807, 2.05) is 39.0 Å². The van der Waals surface area contributed by atoms with Crippen LogP contribution in [0.1, 0.15) is 38.2 Å². The van der Waals surface area contributed by atoms with Gasteiger partial charge in [-0.3, -0.25) is 14.4 Å². The standard InChI is InChI=1S/C27H27N3O5/c1-17-11-18(2)25(19(3)12-17)29-24(31)16-35-23-8-6-5-7-22(23)26(32)21-13-20(14-28)27(33)30(15-21)9-10-34-4/h5-8,11-13,15H,9-10,16H2,1-4H3,(H,29,31). The summed E-state index contributed by atoms with van der Waals surface area (Å²) in [6, 6.07) is 13.6. The van der Waals surface area contributed by atoms with E-state index in [1.54, 1.807) is 24.3 Å². The van der Waals surface area contributed by atoms with E-state index >= 15 is 0 Å². The van der Waals surface area contributed by atoms with E-state index in [-0.39, 0.29) is 48.1 Å². The molecule has 0 aliphatic rings. The van der Waals surface area contributed by atoms with E-state index in [0.29, 0.717) is 0 Å². The topological polar surface area (TPSA) is 110 Å². The Hall–Kier alpha value is -4.22. The van der Waals surface area contributed by atoms with Crippen molar-refractivity contribution in [3.8, 4) is 11.8 Å². The predicted molar refractivity (Wildman–Crippen MR) is 132 cm³/mol. The fourth-order valence-electron chi connectivity index (χ4n) is 3.83. The van der Waals surface area contributed by atoms with Crippen molar-refractivity contribution in [3.05, 3.63) is 92.4 Å². The molecule has 1 aromatic heterocycles. The average molecular weight is 474 g/mol. The van der Waals surface area contributed by atoms with E-state index in [2.05, 4.69) is 5.32 Å². The number of ketones is 1. The Balaban J connectivity index is 1.82. The lowest BCUT2D eigenvalue weighted by Crippen LogP contribution is -2.26. The smallest absolute Gasteiger partial charge is 0.268 e. The van der Waals surface area contributed by atoms with E-state index in [4.69, 9.17) is 9.47 Å². The highest BCUT2D eigenvalue weighted by Gasteiger charge is 2.19. The van der Waals surface area contributed by atoms with Crippen LogP contribution in [-0.2, 0) is 16.1 Å². The third-order valence-electron chi connectivity index (χ3n) is 5.44. The molecular weight excluding hydrogens is 446 g/mol. The van der Waals surface area contributed by atoms with Gasteiger partial charge < -0.3 is 19.4 Å². The van der Waals surface area contributed by atoms with Gasteiger partial charge in [-0.05, 0) is 50.1 Å². The highest BCUT2D eigenvalue weighted by molar-refractivity contribution is 6.10. The van der Waals surface area contributed by atoms with Gasteiger partial charge in [0.15, 0.2) is 12.4 Å². The third-order valence-corrected chi connectivity index (χ3v) is 5.44. The Labute approximate surface area is 203 Å². The average Bonchev–Trinajstić information content (AvgIpc) is 2.84. The summed E-state index contributed by atoms with van der Waals surface area (Å²) < 4.78 is 12.0. The van der Waals surface area contributed by atoms with Crippen molar-refractivity contribution in [2.45, 2.75) is 27.3 Å². The summed E-state index contributed by atoms with van der Waals surface area (Å²) in [5, 5.41) is 12.2. The normalized spacial score (nSPS) is 10.5. The minimum Gasteiger partial charge on any atom is -0.483 e. The first-order valence-corrected chi connectivity index (χ1v) is 11.0. The third kappa shape index (κ3) is 6.02. The van der Waals surface area contributed by atoms with E-state index in [0.717, 1.165) is 22.4 Å². The van der Waals surface area contributed by atoms with Crippen molar-refractivity contribution in [2.75, 3.05) is 25.6 Å². The molecule has 1 heterocycles. The molecule has 8 nitrogen and oxygen atoms in total. The number of para-hydroxylation sites is 1. The summed E-state index contributed by atoms with van der Waals surface area (Å²) in [5.74, 6) is -0.575. The van der Waals surface area contributed by atoms with Crippen molar-refractivity contribution in [1.82, 2.24) is 4.57 Å². The molecular formula is C27H27N3O5. The molecule has 0 fully saturated rings. The van der Waals surface area contributed by atoms with Crippen molar-refractivity contribution in [1.29, 1.82) is 5.26 Å². The van der Waals surface area contributed by atoms with Gasteiger partial charge in [0.05, 0.1) is 12.2 Å². The number of carbonyl (C=O) groups is 2. The van der Waals surface area contributed by atoms with E-state index in [9.17, 15) is 19.6 Å². The second-order valence-corrected chi connectivity index (χ2v) is 8.18. The van der Waals surface area contributed by atoms with Crippen LogP contribution >= 0.6 is 0 Å². The van der Waals surface area contributed by atoms with Gasteiger partial charge >= 0.3 is 0 Å². The number of hydrogen-bond donors (Lipinski definition) is 1. The van der Waals surface area contributed by atoms with Crippen LogP contribution in [0.5, 0.6) is 5.75 Å². The van der Waals surface area contributed by atoms with E-state index in [1.165, 1.54) is 23.9 Å². The second kappa shape index (κ2) is 11.3. The molecule has 1 N–H and O–H groups in total. The van der Waals surface area contributed by atoms with Crippen molar-refractivity contribution < 1.29 is 19.1 Å². The molecule has 0 aliphatic heterocycles. The maximum atomic E-state index is 13.3. The zero-order valence-electron chi connectivity index (χ0n) is 20.2. The Morgan fingerprint density at radius 1 is 1.09 bits per heavy atom. The molecule has 0 spiro atoms. The lowest BCUT2D eigenvalue weighted by atomic mass is 10.0. The summed E-state index contributed by atoms with van der Waals surface area (Å²) in [6.45, 7) is 5.98. The minimum atomic E-state index is -0.496. The molecule has 35 heavy (non-hydrogen) atoms. The number of amides is 1. The largest absolute Gasteiger partial charge is 0.483 e. The number of nitrogens with zero attached hydrogens (tertiary/aromatic N) is 2. The fraction of sp³-hybridized carbons (Fsp3) is 0.259. The highest BCUT2D eigenvalue weighted by atomic mass is 16.5. The molecule has 8 heteroatoms. The van der Waals surface area contributed by atoms with Crippen molar-refractivity contribution in [3.63, 3.8) is 0 Å². The summed E-state index contributed by atoms with van der Waals surface area (Å²) in [6.07, 6.45) is 1.40. The second-order valence-electron chi connectivity index (χ2n) is 8.18. The molecule has 0 saturated heterocycles. The lowest BCUT2D eigenvalue weighted by Gasteiger charge is -2.15. The number of hydrogen-bond acceptors (Lipinski definition) is 6. The minimum absolute atomic E-state index is 0.145. The Kier molecular flexibility index (Phi) is 8.18. The van der Waals surface area contributed by atoms with Gasteiger partial charge in [0.2, 0.25) is 0 Å². The number of anilines is 1. The number of nitrogens with one attached hydrogen (secondary N) is 1. The number of carbonyl (C=O) groups excluding carboxylic acids is 2. The Morgan fingerprint density at radius 2 is 1.77 bits per heavy atom. The zero-order chi connectivity index (χ0) is 25.5. The van der Waals surface area contributed by atoms with Crippen LogP contribution in [0.2, 0.25) is 0 Å². The van der Waals surface area contributed by atoms with Crippen LogP contribution in [0.3, 0.4) is 0 Å². The van der Waals surface area contributed by atoms with Crippen molar-refractivity contribution in [2.24, 2.45) is 0 Å². The monoisotopic (exact) mass is 473 g/mol. The SMILES string of the molecule is COCCn1cc(C(=O)c2ccccc2OCC(=O)Nc2c(C)cc(C)cc2C)cc(C#N)c1=O. The van der Waals surface area contributed by atoms with Gasteiger partial charge in [-0.25, -0.2) is 0 Å². The van der Waals surface area contributed by atoms with Gasteiger partial charge in [0.25, 0.3) is 11.5 Å². The van der Waals surface area contributed by atoms with Crippen LogP contribution in [0, 0.1) is 32.1 Å². The van der Waals surface area contributed by atoms with Gasteiger partial charge in [-0.2, -0.15) is 5.26 Å². The number of ether oxygens (including phenoxy) is 2. The number of benzene rings is 2. The molecule has 2 aromatic carbocycles. The molecule has 0 saturated carbocycles. The highest BCUT2D eigenvalue weighted by Crippen LogP contribution is 2.24. The molecule has 3 aromatic rings. The van der Waals surface area contributed by atoms with Gasteiger partial charge in [-0.1, -0.05) is 29.8 Å². The summed E-state index contributed by atoms with van der Waals surface area (Å²) in [5.41, 5.74) is 3.46. The Morgan fingerprint density at radius 3 is 2.43 bits per heavy atom. The fourth-order valence-corrected chi connectivity index (χ4v) is 3.83. The number of pyridine rings is 1. The van der Waals surface area contributed by atoms with Crippen LogP contribution in [0.15, 0.2) is 53.5 Å². The quantitative estimate of drug-likeness (QED) is 0.476. The zero-order valence-corrected chi connectivity index (χ0v) is 20.2. The molecule has 0 atom stereocenters. The molecule has 0 unspecified atom stereocenters. The number of rotatable bonds is 9. The Bertz CT molecular complexity index is 1340. The van der Waals surface area contributed by atoms with Crippen LogP contribution < -0.4 is 15.6 Å². The first-order chi connectivity index (χ1) is 16.7. The van der Waals surface area contributed by atoms with Crippen LogP contribution in [0.25, 0.3) is 0 Å². The first kappa shape index (κ1) is 25.4. The van der Waals surface area contributed by atoms with Crippen LogP contribution in [-0.4, -0.2) is 36.6 Å². The molecule has 3 rings (SSSR count). The molecule has 0 aliphatic carbocycles.